The molecular formula is C28H43N5. The van der Waals surface area contributed by atoms with Gasteiger partial charge in [-0.2, -0.15) is 4.98 Å². The molecule has 180 valence electrons. The number of nitrogens with one attached hydrogen (secondary N) is 2. The summed E-state index contributed by atoms with van der Waals surface area (Å²) in [6.45, 7) is 15.9. The summed E-state index contributed by atoms with van der Waals surface area (Å²) in [5.74, 6) is 2.47. The summed E-state index contributed by atoms with van der Waals surface area (Å²) in [5.41, 5.74) is 14.3. The zero-order chi connectivity index (χ0) is 23.9. The van der Waals surface area contributed by atoms with E-state index in [4.69, 9.17) is 10.7 Å². The van der Waals surface area contributed by atoms with E-state index >= 15 is 0 Å². The number of hydrogen-bond acceptors (Lipinski definition) is 5. The molecule has 4 N–H and O–H groups in total. The molecule has 1 heterocycles. The standard InChI is InChI=1S/C28H43N5/c1-16-8-14-23(20(5)18(16)3)28(6,7)33-22-12-10-21(11-13-22)30-27-31-24-15-9-17(2)19(4)25(24)26(29)32-27/h8,14,17,19,21-22,33H,9-13,15H2,1-7H3,(H3,29,30,31,32)/t17-,19-,21?,22?/m1/s1. The molecule has 0 radical (unpaired) electrons. The van der Waals surface area contributed by atoms with E-state index in [9.17, 15) is 0 Å². The van der Waals surface area contributed by atoms with Gasteiger partial charge in [0.25, 0.3) is 0 Å². The van der Waals surface area contributed by atoms with Gasteiger partial charge in [-0.3, -0.25) is 0 Å². The van der Waals surface area contributed by atoms with Gasteiger partial charge in [0.05, 0.1) is 5.69 Å². The molecule has 2 aliphatic rings. The maximum atomic E-state index is 6.38. The third kappa shape index (κ3) is 4.89. The predicted molar refractivity (Wildman–Crippen MR) is 139 cm³/mol. The average molecular weight is 450 g/mol. The molecule has 2 aromatic rings. The summed E-state index contributed by atoms with van der Waals surface area (Å²) in [7, 11) is 0. The Bertz CT molecular complexity index is 1000. The summed E-state index contributed by atoms with van der Waals surface area (Å²) in [6.07, 6.45) is 6.73. The average Bonchev–Trinajstić information content (AvgIpc) is 2.75. The fourth-order valence-corrected chi connectivity index (χ4v) is 5.97. The summed E-state index contributed by atoms with van der Waals surface area (Å²) >= 11 is 0. The first-order valence-electron chi connectivity index (χ1n) is 12.8. The second kappa shape index (κ2) is 9.25. The molecule has 0 amide bonds. The number of hydrogen-bond donors (Lipinski definition) is 3. The van der Waals surface area contributed by atoms with Gasteiger partial charge in [-0.15, -0.1) is 0 Å². The van der Waals surface area contributed by atoms with E-state index in [1.165, 1.54) is 34.2 Å². The van der Waals surface area contributed by atoms with Gasteiger partial charge in [-0.1, -0.05) is 26.0 Å². The number of benzene rings is 1. The van der Waals surface area contributed by atoms with Crippen LogP contribution in [0.15, 0.2) is 12.1 Å². The highest BCUT2D eigenvalue weighted by molar-refractivity contribution is 5.50. The molecule has 1 saturated carbocycles. The van der Waals surface area contributed by atoms with Crippen LogP contribution in [0.25, 0.3) is 0 Å². The first kappa shape index (κ1) is 24.0. The van der Waals surface area contributed by atoms with Crippen molar-refractivity contribution in [2.45, 2.75) is 111 Å². The molecule has 1 fully saturated rings. The van der Waals surface area contributed by atoms with Crippen LogP contribution in [0.5, 0.6) is 0 Å². The molecule has 5 nitrogen and oxygen atoms in total. The maximum absolute atomic E-state index is 6.38. The molecule has 0 saturated heterocycles. The second-order valence-corrected chi connectivity index (χ2v) is 11.2. The number of nitrogen functional groups attached to an aromatic ring is 1. The molecule has 33 heavy (non-hydrogen) atoms. The summed E-state index contributed by atoms with van der Waals surface area (Å²) < 4.78 is 0. The number of nitrogens with two attached hydrogens (primary N) is 1. The lowest BCUT2D eigenvalue weighted by Crippen LogP contribution is -2.47. The number of rotatable bonds is 5. The number of nitrogens with zero attached hydrogens (tertiary/aromatic N) is 2. The van der Waals surface area contributed by atoms with Gasteiger partial charge in [-0.25, -0.2) is 4.98 Å². The van der Waals surface area contributed by atoms with Crippen LogP contribution in [-0.4, -0.2) is 22.1 Å². The summed E-state index contributed by atoms with van der Waals surface area (Å²) in [4.78, 5) is 9.53. The minimum absolute atomic E-state index is 0.0443. The largest absolute Gasteiger partial charge is 0.383 e. The number of fused-ring (bicyclic) bond motifs is 1. The highest BCUT2D eigenvalue weighted by Gasteiger charge is 2.31. The van der Waals surface area contributed by atoms with Crippen molar-refractivity contribution in [3.05, 3.63) is 45.6 Å². The van der Waals surface area contributed by atoms with Gasteiger partial charge < -0.3 is 16.4 Å². The van der Waals surface area contributed by atoms with Gasteiger partial charge in [0, 0.05) is 23.2 Å². The Morgan fingerprint density at radius 2 is 1.58 bits per heavy atom. The van der Waals surface area contributed by atoms with Crippen molar-refractivity contribution in [2.24, 2.45) is 5.92 Å². The van der Waals surface area contributed by atoms with Crippen LogP contribution < -0.4 is 16.4 Å². The quantitative estimate of drug-likeness (QED) is 0.528. The van der Waals surface area contributed by atoms with Gasteiger partial charge in [-0.05, 0) is 107 Å². The minimum Gasteiger partial charge on any atom is -0.383 e. The SMILES string of the molecule is Cc1ccc(C(C)(C)NC2CCC(Nc3nc(N)c4c(n3)CC[C@@H](C)[C@H]4C)CC2)c(C)c1C. The second-order valence-electron chi connectivity index (χ2n) is 11.2. The van der Waals surface area contributed by atoms with E-state index < -0.39 is 0 Å². The van der Waals surface area contributed by atoms with Gasteiger partial charge in [0.2, 0.25) is 5.95 Å². The highest BCUT2D eigenvalue weighted by Crippen LogP contribution is 2.38. The molecule has 0 aliphatic heterocycles. The summed E-state index contributed by atoms with van der Waals surface area (Å²) in [5, 5.41) is 7.57. The fraction of sp³-hybridized carbons (Fsp3) is 0.643. The Labute approximate surface area is 200 Å². The molecule has 1 aromatic heterocycles. The lowest BCUT2D eigenvalue weighted by molar-refractivity contribution is 0.273. The summed E-state index contributed by atoms with van der Waals surface area (Å²) in [6, 6.07) is 5.49. The van der Waals surface area contributed by atoms with Crippen molar-refractivity contribution in [3.63, 3.8) is 0 Å². The van der Waals surface area contributed by atoms with E-state index in [1.54, 1.807) is 0 Å². The van der Waals surface area contributed by atoms with Gasteiger partial charge in [0.1, 0.15) is 5.82 Å². The predicted octanol–water partition coefficient (Wildman–Crippen LogP) is 5.92. The molecule has 2 aliphatic carbocycles. The third-order valence-electron chi connectivity index (χ3n) is 8.56. The van der Waals surface area contributed by atoms with E-state index in [2.05, 4.69) is 76.2 Å². The van der Waals surface area contributed by atoms with Crippen LogP contribution >= 0.6 is 0 Å². The van der Waals surface area contributed by atoms with Gasteiger partial charge >= 0.3 is 0 Å². The minimum atomic E-state index is -0.0443. The van der Waals surface area contributed by atoms with Crippen LogP contribution in [0.2, 0.25) is 0 Å². The third-order valence-corrected chi connectivity index (χ3v) is 8.56. The topological polar surface area (TPSA) is 75.9 Å². The molecule has 0 spiro atoms. The lowest BCUT2D eigenvalue weighted by Gasteiger charge is -2.38. The molecule has 1 aromatic carbocycles. The van der Waals surface area contributed by atoms with Crippen molar-refractivity contribution < 1.29 is 0 Å². The smallest absolute Gasteiger partial charge is 0.225 e. The normalized spacial score (nSPS) is 25.5. The molecular weight excluding hydrogens is 406 g/mol. The monoisotopic (exact) mass is 449 g/mol. The zero-order valence-electron chi connectivity index (χ0n) is 21.7. The van der Waals surface area contributed by atoms with Crippen molar-refractivity contribution in [2.75, 3.05) is 11.1 Å². The Hall–Kier alpha value is -2.14. The van der Waals surface area contributed by atoms with E-state index in [1.807, 2.05) is 0 Å². The van der Waals surface area contributed by atoms with Gasteiger partial charge in [0.15, 0.2) is 0 Å². The van der Waals surface area contributed by atoms with E-state index in [0.29, 0.717) is 29.7 Å². The van der Waals surface area contributed by atoms with Crippen molar-refractivity contribution in [1.29, 1.82) is 0 Å². The van der Waals surface area contributed by atoms with Crippen LogP contribution in [0.3, 0.4) is 0 Å². The Balaban J connectivity index is 1.37. The number of aromatic nitrogens is 2. The molecule has 4 rings (SSSR count). The Morgan fingerprint density at radius 3 is 2.27 bits per heavy atom. The first-order chi connectivity index (χ1) is 15.6. The van der Waals surface area contributed by atoms with E-state index in [0.717, 1.165) is 43.7 Å². The number of anilines is 2. The first-order valence-corrected chi connectivity index (χ1v) is 12.8. The molecule has 0 unspecified atom stereocenters. The lowest BCUT2D eigenvalue weighted by atomic mass is 9.79. The molecule has 5 heteroatoms. The maximum Gasteiger partial charge on any atom is 0.225 e. The van der Waals surface area contributed by atoms with Crippen LogP contribution in [0.1, 0.15) is 99.2 Å². The Morgan fingerprint density at radius 1 is 0.909 bits per heavy atom. The molecule has 0 bridgehead atoms. The van der Waals surface area contributed by atoms with Crippen molar-refractivity contribution >= 4 is 11.8 Å². The zero-order valence-corrected chi connectivity index (χ0v) is 21.7. The van der Waals surface area contributed by atoms with Crippen LogP contribution in [0.4, 0.5) is 11.8 Å². The fourth-order valence-electron chi connectivity index (χ4n) is 5.97. The van der Waals surface area contributed by atoms with Crippen molar-refractivity contribution in [3.8, 4) is 0 Å². The van der Waals surface area contributed by atoms with Crippen LogP contribution in [-0.2, 0) is 12.0 Å². The number of aryl methyl sites for hydroxylation is 2. The van der Waals surface area contributed by atoms with Crippen LogP contribution in [0, 0.1) is 26.7 Å². The highest BCUT2D eigenvalue weighted by atomic mass is 15.1. The Kier molecular flexibility index (Phi) is 6.73. The van der Waals surface area contributed by atoms with E-state index in [-0.39, 0.29) is 5.54 Å². The van der Waals surface area contributed by atoms with Crippen molar-refractivity contribution in [1.82, 2.24) is 15.3 Å². The molecule has 2 atom stereocenters.